The minimum absolute atomic E-state index is 0.304. The SMILES string of the molecule is OC=C1N=c2cccnc2=N1. The molecular weight excluding hydrogens is 142 g/mol. The van der Waals surface area contributed by atoms with Crippen LogP contribution >= 0.6 is 0 Å². The molecule has 2 heterocycles. The molecule has 4 heteroatoms. The average Bonchev–Trinajstić information content (AvgIpc) is 2.46. The fraction of sp³-hybridized carbons (Fsp3) is 0. The highest BCUT2D eigenvalue weighted by Crippen LogP contribution is 1.95. The topological polar surface area (TPSA) is 57.8 Å². The van der Waals surface area contributed by atoms with E-state index >= 15 is 0 Å². The molecule has 0 radical (unpaired) electrons. The molecule has 0 amide bonds. The lowest BCUT2D eigenvalue weighted by molar-refractivity contribution is 0.465. The second-order valence-electron chi connectivity index (χ2n) is 2.06. The fourth-order valence-corrected chi connectivity index (χ4v) is 0.877. The molecule has 0 aromatic carbocycles. The van der Waals surface area contributed by atoms with E-state index in [2.05, 4.69) is 15.0 Å². The van der Waals surface area contributed by atoms with Crippen molar-refractivity contribution in [1.29, 1.82) is 0 Å². The smallest absolute Gasteiger partial charge is 0.189 e. The minimum atomic E-state index is 0.304. The van der Waals surface area contributed by atoms with Crippen molar-refractivity contribution in [2.75, 3.05) is 0 Å². The Morgan fingerprint density at radius 1 is 1.36 bits per heavy atom. The minimum Gasteiger partial charge on any atom is -0.512 e. The Kier molecular flexibility index (Phi) is 1.18. The van der Waals surface area contributed by atoms with Gasteiger partial charge in [-0.25, -0.2) is 15.0 Å². The molecule has 1 aromatic heterocycles. The van der Waals surface area contributed by atoms with E-state index in [1.165, 1.54) is 0 Å². The van der Waals surface area contributed by atoms with Gasteiger partial charge in [-0.1, -0.05) is 0 Å². The largest absolute Gasteiger partial charge is 0.512 e. The quantitative estimate of drug-likeness (QED) is 0.512. The zero-order valence-corrected chi connectivity index (χ0v) is 5.60. The maximum atomic E-state index is 8.56. The van der Waals surface area contributed by atoms with Crippen LogP contribution in [0.15, 0.2) is 40.4 Å². The van der Waals surface area contributed by atoms with Gasteiger partial charge in [-0.3, -0.25) is 0 Å². The summed E-state index contributed by atoms with van der Waals surface area (Å²) in [5.74, 6) is 0.304. The van der Waals surface area contributed by atoms with E-state index in [-0.39, 0.29) is 0 Å². The number of aromatic nitrogens is 1. The van der Waals surface area contributed by atoms with Crippen LogP contribution in [0.2, 0.25) is 0 Å². The summed E-state index contributed by atoms with van der Waals surface area (Å²) in [6.07, 6.45) is 2.50. The Balaban J connectivity index is 2.81. The summed E-state index contributed by atoms with van der Waals surface area (Å²) in [6.45, 7) is 0. The highest BCUT2D eigenvalue weighted by molar-refractivity contribution is 5.05. The summed E-state index contributed by atoms with van der Waals surface area (Å²) >= 11 is 0. The number of hydrogen-bond acceptors (Lipinski definition) is 4. The predicted octanol–water partition coefficient (Wildman–Crippen LogP) is -0.309. The first-order valence-corrected chi connectivity index (χ1v) is 3.13. The molecule has 0 saturated heterocycles. The van der Waals surface area contributed by atoms with Gasteiger partial charge in [-0.15, -0.1) is 0 Å². The fourth-order valence-electron chi connectivity index (χ4n) is 0.877. The number of aliphatic hydroxyl groups excluding tert-OH is 1. The normalized spacial score (nSPS) is 17.3. The second kappa shape index (κ2) is 2.16. The molecule has 1 N–H and O–H groups in total. The van der Waals surface area contributed by atoms with Gasteiger partial charge in [0.15, 0.2) is 11.3 Å². The maximum absolute atomic E-state index is 8.56. The Bertz CT molecular complexity index is 385. The van der Waals surface area contributed by atoms with E-state index in [4.69, 9.17) is 5.11 Å². The van der Waals surface area contributed by atoms with Crippen LogP contribution in [0, 0.1) is 0 Å². The van der Waals surface area contributed by atoms with Gasteiger partial charge in [0.1, 0.15) is 11.6 Å². The zero-order chi connectivity index (χ0) is 7.68. The maximum Gasteiger partial charge on any atom is 0.189 e. The van der Waals surface area contributed by atoms with Crippen LogP contribution in [0.3, 0.4) is 0 Å². The molecule has 11 heavy (non-hydrogen) atoms. The van der Waals surface area contributed by atoms with E-state index in [9.17, 15) is 0 Å². The summed E-state index contributed by atoms with van der Waals surface area (Å²) in [5, 5.41) is 9.26. The number of fused-ring (bicyclic) bond motifs is 1. The summed E-state index contributed by atoms with van der Waals surface area (Å²) in [6, 6.07) is 3.57. The molecule has 1 aliphatic rings. The van der Waals surface area contributed by atoms with Gasteiger partial charge in [0.05, 0.1) is 0 Å². The molecule has 0 bridgehead atoms. The molecule has 1 aliphatic heterocycles. The Hall–Kier alpha value is -1.71. The molecule has 0 spiro atoms. The summed E-state index contributed by atoms with van der Waals surface area (Å²) in [5.41, 5.74) is 0.563. The Labute approximate surface area is 62.3 Å². The molecule has 4 nitrogen and oxygen atoms in total. The third kappa shape index (κ3) is 0.881. The van der Waals surface area contributed by atoms with Crippen LogP contribution in [-0.4, -0.2) is 10.1 Å². The standard InChI is InChI=1S/C7H5N3O/c11-4-6-9-5-2-1-3-8-7(5)10-6/h1-4,11H. The van der Waals surface area contributed by atoms with Crippen LogP contribution < -0.4 is 10.8 Å². The Morgan fingerprint density at radius 3 is 3.00 bits per heavy atom. The van der Waals surface area contributed by atoms with E-state index in [1.54, 1.807) is 18.3 Å². The molecule has 0 aliphatic carbocycles. The van der Waals surface area contributed by atoms with Crippen molar-refractivity contribution in [3.63, 3.8) is 0 Å². The molecule has 54 valence electrons. The number of nitrogens with zero attached hydrogens (tertiary/aromatic N) is 3. The van der Waals surface area contributed by atoms with Gasteiger partial charge in [-0.05, 0) is 12.1 Å². The number of hydrogen-bond donors (Lipinski definition) is 1. The molecule has 0 fully saturated rings. The van der Waals surface area contributed by atoms with Crippen LogP contribution in [0.4, 0.5) is 0 Å². The van der Waals surface area contributed by atoms with Crippen molar-refractivity contribution < 1.29 is 5.11 Å². The lowest BCUT2D eigenvalue weighted by atomic mass is 10.5. The Morgan fingerprint density at radius 2 is 2.27 bits per heavy atom. The lowest BCUT2D eigenvalue weighted by Gasteiger charge is -1.77. The molecule has 1 aromatic rings. The first kappa shape index (κ1) is 6.03. The molecule has 0 unspecified atom stereocenters. The molecular formula is C7H5N3O. The zero-order valence-electron chi connectivity index (χ0n) is 5.60. The van der Waals surface area contributed by atoms with Crippen molar-refractivity contribution in [3.05, 3.63) is 41.3 Å². The third-order valence-corrected chi connectivity index (χ3v) is 1.34. The molecule has 2 rings (SSSR count). The number of aliphatic hydroxyl groups is 1. The average molecular weight is 147 g/mol. The van der Waals surface area contributed by atoms with Gasteiger partial charge in [-0.2, -0.15) is 0 Å². The van der Waals surface area contributed by atoms with Gasteiger partial charge in [0, 0.05) is 6.20 Å². The van der Waals surface area contributed by atoms with E-state index in [0.717, 1.165) is 6.26 Å². The van der Waals surface area contributed by atoms with Crippen LogP contribution in [-0.2, 0) is 0 Å². The molecule has 0 saturated carbocycles. The van der Waals surface area contributed by atoms with Crippen LogP contribution in [0.25, 0.3) is 0 Å². The van der Waals surface area contributed by atoms with E-state index < -0.39 is 0 Å². The lowest BCUT2D eigenvalue weighted by Crippen LogP contribution is -2.23. The van der Waals surface area contributed by atoms with Crippen molar-refractivity contribution in [2.24, 2.45) is 9.98 Å². The van der Waals surface area contributed by atoms with Crippen molar-refractivity contribution >= 4 is 0 Å². The predicted molar refractivity (Wildman–Crippen MR) is 37.3 cm³/mol. The monoisotopic (exact) mass is 147 g/mol. The summed E-state index contributed by atoms with van der Waals surface area (Å²) in [4.78, 5) is 11.8. The first-order chi connectivity index (χ1) is 5.40. The summed E-state index contributed by atoms with van der Waals surface area (Å²) in [7, 11) is 0. The van der Waals surface area contributed by atoms with Gasteiger partial charge < -0.3 is 5.11 Å². The number of rotatable bonds is 0. The second-order valence-corrected chi connectivity index (χ2v) is 2.06. The third-order valence-electron chi connectivity index (χ3n) is 1.34. The van der Waals surface area contributed by atoms with Crippen LogP contribution in [0.5, 0.6) is 0 Å². The van der Waals surface area contributed by atoms with Gasteiger partial charge in [0.25, 0.3) is 0 Å². The highest BCUT2D eigenvalue weighted by Gasteiger charge is 2.00. The van der Waals surface area contributed by atoms with Crippen LogP contribution in [0.1, 0.15) is 0 Å². The van der Waals surface area contributed by atoms with Crippen molar-refractivity contribution in [2.45, 2.75) is 0 Å². The molecule has 0 atom stereocenters. The summed E-state index contributed by atoms with van der Waals surface area (Å²) < 4.78 is 0. The van der Waals surface area contributed by atoms with Gasteiger partial charge in [0.2, 0.25) is 0 Å². The van der Waals surface area contributed by atoms with E-state index in [0.29, 0.717) is 16.7 Å². The van der Waals surface area contributed by atoms with E-state index in [1.807, 2.05) is 0 Å². The van der Waals surface area contributed by atoms with Crippen molar-refractivity contribution in [3.8, 4) is 0 Å². The van der Waals surface area contributed by atoms with Crippen molar-refractivity contribution in [1.82, 2.24) is 4.98 Å². The number of pyridine rings is 1. The van der Waals surface area contributed by atoms with Gasteiger partial charge >= 0.3 is 0 Å². The highest BCUT2D eigenvalue weighted by atomic mass is 16.2. The first-order valence-electron chi connectivity index (χ1n) is 3.13.